The molecule has 1 amide bonds. The molecule has 0 saturated heterocycles. The van der Waals surface area contributed by atoms with E-state index in [-0.39, 0.29) is 11.1 Å². The van der Waals surface area contributed by atoms with Crippen LogP contribution >= 0.6 is 23.2 Å². The molecule has 0 bridgehead atoms. The molecular weight excluding hydrogens is 307 g/mol. The molecule has 1 aromatic heterocycles. The summed E-state index contributed by atoms with van der Waals surface area (Å²) >= 11 is 11.7. The molecule has 21 heavy (non-hydrogen) atoms. The SMILES string of the molecule is O=C(c1cnc(Cl)c(Cl)c1)N1CCc2ccccc2CC1. The van der Waals surface area contributed by atoms with Crippen molar-refractivity contribution in [2.45, 2.75) is 12.8 Å². The van der Waals surface area contributed by atoms with Crippen molar-refractivity contribution in [3.05, 3.63) is 63.4 Å². The van der Waals surface area contributed by atoms with Crippen LogP contribution in [-0.4, -0.2) is 28.9 Å². The summed E-state index contributed by atoms with van der Waals surface area (Å²) in [5.74, 6) is -0.0473. The highest BCUT2D eigenvalue weighted by Gasteiger charge is 2.20. The molecule has 0 saturated carbocycles. The van der Waals surface area contributed by atoms with E-state index in [0.29, 0.717) is 23.7 Å². The number of amides is 1. The van der Waals surface area contributed by atoms with Gasteiger partial charge in [0.05, 0.1) is 10.6 Å². The number of benzene rings is 1. The molecule has 2 aromatic rings. The maximum Gasteiger partial charge on any atom is 0.255 e. The van der Waals surface area contributed by atoms with Gasteiger partial charge in [-0.3, -0.25) is 4.79 Å². The fourth-order valence-corrected chi connectivity index (χ4v) is 2.86. The van der Waals surface area contributed by atoms with Gasteiger partial charge >= 0.3 is 0 Å². The highest BCUT2D eigenvalue weighted by Crippen LogP contribution is 2.22. The number of hydrogen-bond donors (Lipinski definition) is 0. The summed E-state index contributed by atoms with van der Waals surface area (Å²) in [5, 5.41) is 0.525. The first kappa shape index (κ1) is 14.4. The Morgan fingerprint density at radius 3 is 2.29 bits per heavy atom. The Balaban J connectivity index is 1.79. The van der Waals surface area contributed by atoms with E-state index < -0.39 is 0 Å². The van der Waals surface area contributed by atoms with Gasteiger partial charge in [-0.15, -0.1) is 0 Å². The maximum atomic E-state index is 12.6. The molecule has 1 aliphatic rings. The summed E-state index contributed by atoms with van der Waals surface area (Å²) < 4.78 is 0. The molecule has 2 heterocycles. The Bertz CT molecular complexity index is 661. The first-order valence-corrected chi connectivity index (χ1v) is 7.58. The van der Waals surface area contributed by atoms with Crippen LogP contribution in [0.5, 0.6) is 0 Å². The molecule has 0 N–H and O–H groups in total. The van der Waals surface area contributed by atoms with Crippen LogP contribution in [-0.2, 0) is 12.8 Å². The van der Waals surface area contributed by atoms with E-state index in [1.165, 1.54) is 17.3 Å². The Labute approximate surface area is 133 Å². The van der Waals surface area contributed by atoms with Gasteiger partial charge in [0.1, 0.15) is 5.15 Å². The van der Waals surface area contributed by atoms with Gasteiger partial charge in [0.15, 0.2) is 0 Å². The smallest absolute Gasteiger partial charge is 0.255 e. The number of fused-ring (bicyclic) bond motifs is 1. The van der Waals surface area contributed by atoms with Crippen molar-refractivity contribution in [1.29, 1.82) is 0 Å². The normalized spacial score (nSPS) is 14.5. The predicted molar refractivity (Wildman–Crippen MR) is 84.0 cm³/mol. The Morgan fingerprint density at radius 2 is 1.71 bits per heavy atom. The van der Waals surface area contributed by atoms with Crippen molar-refractivity contribution in [2.24, 2.45) is 0 Å². The quantitative estimate of drug-likeness (QED) is 0.752. The summed E-state index contributed by atoms with van der Waals surface area (Å²) in [5.41, 5.74) is 3.12. The van der Waals surface area contributed by atoms with Crippen LogP contribution < -0.4 is 0 Å². The lowest BCUT2D eigenvalue weighted by atomic mass is 10.0. The van der Waals surface area contributed by atoms with Crippen molar-refractivity contribution < 1.29 is 4.79 Å². The molecule has 0 fully saturated rings. The minimum absolute atomic E-state index is 0.0473. The molecule has 3 nitrogen and oxygen atoms in total. The molecule has 0 spiro atoms. The number of carbonyl (C=O) groups excluding carboxylic acids is 1. The number of rotatable bonds is 1. The average molecular weight is 321 g/mol. The third kappa shape index (κ3) is 3.04. The van der Waals surface area contributed by atoms with E-state index in [1.807, 2.05) is 17.0 Å². The molecule has 1 aliphatic heterocycles. The number of nitrogens with zero attached hydrogens (tertiary/aromatic N) is 2. The molecular formula is C16H14Cl2N2O. The minimum atomic E-state index is -0.0473. The van der Waals surface area contributed by atoms with Gasteiger partial charge in [-0.25, -0.2) is 4.98 Å². The second-order valence-electron chi connectivity index (χ2n) is 5.06. The van der Waals surface area contributed by atoms with Crippen molar-refractivity contribution in [2.75, 3.05) is 13.1 Å². The third-order valence-electron chi connectivity index (χ3n) is 3.75. The summed E-state index contributed by atoms with van der Waals surface area (Å²) in [6, 6.07) is 9.92. The molecule has 0 aliphatic carbocycles. The topological polar surface area (TPSA) is 33.2 Å². The summed E-state index contributed by atoms with van der Waals surface area (Å²) in [4.78, 5) is 18.3. The standard InChI is InChI=1S/C16H14Cl2N2O/c17-14-9-13(10-19-15(14)18)16(21)20-7-5-11-3-1-2-4-12(11)6-8-20/h1-4,9-10H,5-8H2. The van der Waals surface area contributed by atoms with E-state index >= 15 is 0 Å². The van der Waals surface area contributed by atoms with E-state index in [0.717, 1.165) is 12.8 Å². The van der Waals surface area contributed by atoms with Gasteiger partial charge in [0, 0.05) is 19.3 Å². The molecule has 3 rings (SSSR count). The van der Waals surface area contributed by atoms with Crippen LogP contribution in [0.2, 0.25) is 10.2 Å². The zero-order valence-electron chi connectivity index (χ0n) is 11.4. The van der Waals surface area contributed by atoms with Gasteiger partial charge in [-0.05, 0) is 30.0 Å². The number of aromatic nitrogens is 1. The van der Waals surface area contributed by atoms with Crippen LogP contribution in [0.25, 0.3) is 0 Å². The minimum Gasteiger partial charge on any atom is -0.338 e. The van der Waals surface area contributed by atoms with E-state index in [1.54, 1.807) is 6.07 Å². The van der Waals surface area contributed by atoms with Crippen molar-refractivity contribution in [3.63, 3.8) is 0 Å². The highest BCUT2D eigenvalue weighted by atomic mass is 35.5. The van der Waals surface area contributed by atoms with E-state index in [2.05, 4.69) is 17.1 Å². The first-order chi connectivity index (χ1) is 10.1. The maximum absolute atomic E-state index is 12.6. The van der Waals surface area contributed by atoms with Crippen molar-refractivity contribution in [1.82, 2.24) is 9.88 Å². The second-order valence-corrected chi connectivity index (χ2v) is 5.82. The van der Waals surface area contributed by atoms with Gasteiger partial charge < -0.3 is 4.90 Å². The molecule has 108 valence electrons. The molecule has 0 atom stereocenters. The third-order valence-corrected chi connectivity index (χ3v) is 4.44. The second kappa shape index (κ2) is 6.04. The molecule has 0 unspecified atom stereocenters. The van der Waals surface area contributed by atoms with Gasteiger partial charge in [-0.1, -0.05) is 47.5 Å². The summed E-state index contributed by atoms with van der Waals surface area (Å²) in [6.45, 7) is 1.41. The number of carbonyl (C=O) groups is 1. The predicted octanol–water partition coefficient (Wildman–Crippen LogP) is 3.63. The zero-order chi connectivity index (χ0) is 14.8. The van der Waals surface area contributed by atoms with Crippen molar-refractivity contribution >= 4 is 29.1 Å². The highest BCUT2D eigenvalue weighted by molar-refractivity contribution is 6.41. The van der Waals surface area contributed by atoms with Crippen LogP contribution in [0.3, 0.4) is 0 Å². The Morgan fingerprint density at radius 1 is 1.10 bits per heavy atom. The van der Waals surface area contributed by atoms with Crippen LogP contribution in [0, 0.1) is 0 Å². The summed E-state index contributed by atoms with van der Waals surface area (Å²) in [7, 11) is 0. The van der Waals surface area contributed by atoms with Gasteiger partial charge in [-0.2, -0.15) is 0 Å². The summed E-state index contributed by atoms with van der Waals surface area (Å²) in [6.07, 6.45) is 3.22. The Kier molecular flexibility index (Phi) is 4.13. The first-order valence-electron chi connectivity index (χ1n) is 6.82. The number of halogens is 2. The lowest BCUT2D eigenvalue weighted by Gasteiger charge is -2.20. The monoisotopic (exact) mass is 320 g/mol. The van der Waals surface area contributed by atoms with Crippen LogP contribution in [0.4, 0.5) is 0 Å². The molecule has 5 heteroatoms. The van der Waals surface area contributed by atoms with E-state index in [4.69, 9.17) is 23.2 Å². The largest absolute Gasteiger partial charge is 0.338 e. The van der Waals surface area contributed by atoms with Crippen molar-refractivity contribution in [3.8, 4) is 0 Å². The molecule has 0 radical (unpaired) electrons. The fraction of sp³-hybridized carbons (Fsp3) is 0.250. The Hall–Kier alpha value is -1.58. The lowest BCUT2D eigenvalue weighted by molar-refractivity contribution is 0.0762. The van der Waals surface area contributed by atoms with Crippen LogP contribution in [0.1, 0.15) is 21.5 Å². The number of pyridine rings is 1. The lowest BCUT2D eigenvalue weighted by Crippen LogP contribution is -2.33. The van der Waals surface area contributed by atoms with E-state index in [9.17, 15) is 4.79 Å². The fourth-order valence-electron chi connectivity index (χ4n) is 2.59. The molecule has 1 aromatic carbocycles. The van der Waals surface area contributed by atoms with Gasteiger partial charge in [0.25, 0.3) is 5.91 Å². The number of hydrogen-bond acceptors (Lipinski definition) is 2. The zero-order valence-corrected chi connectivity index (χ0v) is 12.9. The average Bonchev–Trinajstić information content (AvgIpc) is 2.72. The van der Waals surface area contributed by atoms with Crippen LogP contribution in [0.15, 0.2) is 36.5 Å². The van der Waals surface area contributed by atoms with Gasteiger partial charge in [0.2, 0.25) is 0 Å².